The Morgan fingerprint density at radius 2 is 2.22 bits per heavy atom. The lowest BCUT2D eigenvalue weighted by Crippen LogP contribution is -2.23. The summed E-state index contributed by atoms with van der Waals surface area (Å²) in [5, 5.41) is 3.14. The Kier molecular flexibility index (Phi) is 3.77. The summed E-state index contributed by atoms with van der Waals surface area (Å²) in [6.07, 6.45) is 3.66. The van der Waals surface area contributed by atoms with Crippen molar-refractivity contribution in [2.24, 2.45) is 0 Å². The molecular weight excluding hydrogens is 229 g/mol. The highest BCUT2D eigenvalue weighted by Crippen LogP contribution is 2.24. The van der Waals surface area contributed by atoms with Crippen molar-refractivity contribution >= 4 is 0 Å². The van der Waals surface area contributed by atoms with E-state index < -0.39 is 0 Å². The molecule has 2 aromatic rings. The molecule has 0 radical (unpaired) electrons. The second kappa shape index (κ2) is 5.31. The lowest BCUT2D eigenvalue weighted by Gasteiger charge is -2.18. The van der Waals surface area contributed by atoms with E-state index in [0.717, 1.165) is 12.4 Å². The van der Waals surface area contributed by atoms with Gasteiger partial charge in [-0.2, -0.15) is 0 Å². The Hall–Kier alpha value is -1.68. The Morgan fingerprint density at radius 3 is 2.89 bits per heavy atom. The van der Waals surface area contributed by atoms with Crippen LogP contribution < -0.4 is 5.32 Å². The maximum absolute atomic E-state index is 14.2. The van der Waals surface area contributed by atoms with Crippen molar-refractivity contribution < 1.29 is 4.39 Å². The number of hydrogen-bond acceptors (Lipinski definition) is 2. The standard InChI is InChI=1S/C14H18FN3/c1-4-18-9-8-17-14(18)13(16-3)11-7-5-6-10(2)12(11)15/h5-9,13,16H,4H2,1-3H3. The van der Waals surface area contributed by atoms with Crippen LogP contribution in [0.2, 0.25) is 0 Å². The first kappa shape index (κ1) is 12.8. The van der Waals surface area contributed by atoms with E-state index in [1.54, 1.807) is 25.3 Å². The van der Waals surface area contributed by atoms with Gasteiger partial charge in [0, 0.05) is 24.5 Å². The molecule has 1 atom stereocenters. The average molecular weight is 247 g/mol. The number of imidazole rings is 1. The van der Waals surface area contributed by atoms with Crippen molar-refractivity contribution in [3.63, 3.8) is 0 Å². The number of halogens is 1. The molecule has 0 fully saturated rings. The monoisotopic (exact) mass is 247 g/mol. The zero-order valence-corrected chi connectivity index (χ0v) is 10.9. The van der Waals surface area contributed by atoms with Crippen molar-refractivity contribution in [2.45, 2.75) is 26.4 Å². The molecule has 0 aliphatic rings. The van der Waals surface area contributed by atoms with Gasteiger partial charge in [0.15, 0.2) is 0 Å². The van der Waals surface area contributed by atoms with Gasteiger partial charge in [0.1, 0.15) is 11.6 Å². The van der Waals surface area contributed by atoms with E-state index in [9.17, 15) is 4.39 Å². The van der Waals surface area contributed by atoms with Crippen LogP contribution in [0.5, 0.6) is 0 Å². The number of aromatic nitrogens is 2. The number of hydrogen-bond donors (Lipinski definition) is 1. The summed E-state index contributed by atoms with van der Waals surface area (Å²) in [6, 6.07) is 5.23. The van der Waals surface area contributed by atoms with Gasteiger partial charge in [0.25, 0.3) is 0 Å². The molecule has 1 N–H and O–H groups in total. The first-order valence-corrected chi connectivity index (χ1v) is 6.12. The molecule has 1 aromatic carbocycles. The molecule has 1 unspecified atom stereocenters. The summed E-state index contributed by atoms with van der Waals surface area (Å²) < 4.78 is 16.2. The molecule has 0 aliphatic carbocycles. The summed E-state index contributed by atoms with van der Waals surface area (Å²) >= 11 is 0. The molecule has 4 heteroatoms. The fourth-order valence-corrected chi connectivity index (χ4v) is 2.17. The van der Waals surface area contributed by atoms with Gasteiger partial charge in [0.05, 0.1) is 6.04 Å². The Bertz CT molecular complexity index is 534. The van der Waals surface area contributed by atoms with Gasteiger partial charge < -0.3 is 9.88 Å². The third kappa shape index (κ3) is 2.16. The summed E-state index contributed by atoms with van der Waals surface area (Å²) in [4.78, 5) is 4.34. The molecule has 2 rings (SSSR count). The van der Waals surface area contributed by atoms with Crippen LogP contribution in [0, 0.1) is 12.7 Å². The lowest BCUT2D eigenvalue weighted by atomic mass is 10.0. The largest absolute Gasteiger partial charge is 0.334 e. The van der Waals surface area contributed by atoms with E-state index in [2.05, 4.69) is 10.3 Å². The summed E-state index contributed by atoms with van der Waals surface area (Å²) in [6.45, 7) is 4.64. The van der Waals surface area contributed by atoms with Crippen LogP contribution in [-0.4, -0.2) is 16.6 Å². The van der Waals surface area contributed by atoms with Gasteiger partial charge in [0.2, 0.25) is 0 Å². The zero-order valence-electron chi connectivity index (χ0n) is 10.9. The van der Waals surface area contributed by atoms with E-state index in [4.69, 9.17) is 0 Å². The molecular formula is C14H18FN3. The fraction of sp³-hybridized carbons (Fsp3) is 0.357. The van der Waals surface area contributed by atoms with Gasteiger partial charge in [-0.1, -0.05) is 18.2 Å². The minimum absolute atomic E-state index is 0.164. The van der Waals surface area contributed by atoms with Crippen LogP contribution in [0.15, 0.2) is 30.6 Å². The molecule has 1 heterocycles. The quantitative estimate of drug-likeness (QED) is 0.900. The minimum Gasteiger partial charge on any atom is -0.334 e. The van der Waals surface area contributed by atoms with Crippen LogP contribution in [0.3, 0.4) is 0 Å². The maximum atomic E-state index is 14.2. The highest BCUT2D eigenvalue weighted by molar-refractivity contribution is 5.31. The molecule has 0 saturated carbocycles. The Labute approximate surface area is 107 Å². The van der Waals surface area contributed by atoms with E-state index in [-0.39, 0.29) is 11.9 Å². The van der Waals surface area contributed by atoms with Gasteiger partial charge in [-0.25, -0.2) is 9.37 Å². The topological polar surface area (TPSA) is 29.9 Å². The van der Waals surface area contributed by atoms with Crippen molar-refractivity contribution in [3.05, 3.63) is 53.4 Å². The highest BCUT2D eigenvalue weighted by atomic mass is 19.1. The molecule has 0 bridgehead atoms. The average Bonchev–Trinajstić information content (AvgIpc) is 2.83. The normalized spacial score (nSPS) is 12.7. The first-order valence-electron chi connectivity index (χ1n) is 6.12. The highest BCUT2D eigenvalue weighted by Gasteiger charge is 2.20. The van der Waals surface area contributed by atoms with Gasteiger partial charge in [-0.3, -0.25) is 0 Å². The molecule has 18 heavy (non-hydrogen) atoms. The Morgan fingerprint density at radius 1 is 1.44 bits per heavy atom. The number of nitrogens with zero attached hydrogens (tertiary/aromatic N) is 2. The number of nitrogens with one attached hydrogen (secondary N) is 1. The molecule has 0 aliphatic heterocycles. The molecule has 3 nitrogen and oxygen atoms in total. The van der Waals surface area contributed by atoms with Crippen LogP contribution in [0.25, 0.3) is 0 Å². The fourth-order valence-electron chi connectivity index (χ4n) is 2.17. The maximum Gasteiger partial charge on any atom is 0.131 e. The second-order valence-electron chi connectivity index (χ2n) is 4.27. The van der Waals surface area contributed by atoms with Gasteiger partial charge >= 0.3 is 0 Å². The van der Waals surface area contributed by atoms with Crippen molar-refractivity contribution in [1.29, 1.82) is 0 Å². The van der Waals surface area contributed by atoms with Crippen LogP contribution in [0.4, 0.5) is 4.39 Å². The summed E-state index contributed by atoms with van der Waals surface area (Å²) in [5.41, 5.74) is 1.29. The predicted molar refractivity (Wildman–Crippen MR) is 69.9 cm³/mol. The molecule has 96 valence electrons. The van der Waals surface area contributed by atoms with Gasteiger partial charge in [-0.05, 0) is 26.5 Å². The molecule has 1 aromatic heterocycles. The number of aryl methyl sites for hydroxylation is 2. The smallest absolute Gasteiger partial charge is 0.131 e. The SMILES string of the molecule is CCn1ccnc1C(NC)c1cccc(C)c1F. The minimum atomic E-state index is -0.222. The van der Waals surface area contributed by atoms with E-state index >= 15 is 0 Å². The summed E-state index contributed by atoms with van der Waals surface area (Å²) in [7, 11) is 1.82. The van der Waals surface area contributed by atoms with Crippen molar-refractivity contribution in [2.75, 3.05) is 7.05 Å². The predicted octanol–water partition coefficient (Wildman–Crippen LogP) is 2.66. The zero-order chi connectivity index (χ0) is 13.1. The van der Waals surface area contributed by atoms with Crippen molar-refractivity contribution in [1.82, 2.24) is 14.9 Å². The number of benzene rings is 1. The van der Waals surface area contributed by atoms with E-state index in [1.165, 1.54) is 0 Å². The lowest BCUT2D eigenvalue weighted by molar-refractivity contribution is 0.538. The Balaban J connectivity index is 2.49. The van der Waals surface area contributed by atoms with Crippen LogP contribution in [-0.2, 0) is 6.54 Å². The second-order valence-corrected chi connectivity index (χ2v) is 4.27. The van der Waals surface area contributed by atoms with E-state index in [1.807, 2.05) is 30.8 Å². The van der Waals surface area contributed by atoms with Gasteiger partial charge in [-0.15, -0.1) is 0 Å². The van der Waals surface area contributed by atoms with Crippen LogP contribution >= 0.6 is 0 Å². The van der Waals surface area contributed by atoms with Crippen LogP contribution in [0.1, 0.15) is 29.9 Å². The molecule has 0 spiro atoms. The van der Waals surface area contributed by atoms with Crippen molar-refractivity contribution in [3.8, 4) is 0 Å². The van der Waals surface area contributed by atoms with E-state index in [0.29, 0.717) is 11.1 Å². The third-order valence-corrected chi connectivity index (χ3v) is 3.17. The molecule has 0 amide bonds. The number of rotatable bonds is 4. The molecule has 0 saturated heterocycles. The first-order chi connectivity index (χ1) is 8.69. The third-order valence-electron chi connectivity index (χ3n) is 3.17. The summed E-state index contributed by atoms with van der Waals surface area (Å²) in [5.74, 6) is 0.673.